The monoisotopic (exact) mass is 217 g/mol. The Labute approximate surface area is 97.3 Å². The summed E-state index contributed by atoms with van der Waals surface area (Å²) in [5, 5.41) is 0. The summed E-state index contributed by atoms with van der Waals surface area (Å²) < 4.78 is 0. The molecule has 86 valence electrons. The van der Waals surface area contributed by atoms with Crippen LogP contribution in [0.4, 0.5) is 0 Å². The summed E-state index contributed by atoms with van der Waals surface area (Å²) in [7, 11) is 0. The summed E-state index contributed by atoms with van der Waals surface area (Å²) in [6.07, 6.45) is 0. The fourth-order valence-corrected chi connectivity index (χ4v) is 2.45. The number of carbonyl (C=O) groups is 1. The highest BCUT2D eigenvalue weighted by molar-refractivity contribution is 5.86. The van der Waals surface area contributed by atoms with Crippen LogP contribution in [0, 0.1) is 12.8 Å². The lowest BCUT2D eigenvalue weighted by Crippen LogP contribution is -2.56. The van der Waals surface area contributed by atoms with Crippen molar-refractivity contribution in [1.29, 1.82) is 0 Å². The van der Waals surface area contributed by atoms with Crippen molar-refractivity contribution in [2.24, 2.45) is 5.92 Å². The van der Waals surface area contributed by atoms with Crippen molar-refractivity contribution in [1.82, 2.24) is 4.90 Å². The zero-order chi connectivity index (χ0) is 11.9. The van der Waals surface area contributed by atoms with Crippen molar-refractivity contribution in [2.45, 2.75) is 39.8 Å². The van der Waals surface area contributed by atoms with E-state index >= 15 is 0 Å². The zero-order valence-corrected chi connectivity index (χ0v) is 10.4. The van der Waals surface area contributed by atoms with Crippen LogP contribution in [0.25, 0.3) is 0 Å². The lowest BCUT2D eigenvalue weighted by molar-refractivity contribution is -0.158. The van der Waals surface area contributed by atoms with Gasteiger partial charge in [0, 0.05) is 6.04 Å². The topological polar surface area (TPSA) is 20.3 Å². The van der Waals surface area contributed by atoms with Crippen molar-refractivity contribution in [3.63, 3.8) is 0 Å². The molecule has 1 amide bonds. The third-order valence-electron chi connectivity index (χ3n) is 3.39. The van der Waals surface area contributed by atoms with E-state index in [9.17, 15) is 4.79 Å². The van der Waals surface area contributed by atoms with Gasteiger partial charge in [-0.05, 0) is 26.3 Å². The third-order valence-corrected chi connectivity index (χ3v) is 3.39. The summed E-state index contributed by atoms with van der Waals surface area (Å²) in [5.41, 5.74) is 2.52. The highest BCUT2D eigenvalue weighted by Gasteiger charge is 2.45. The number of hydrogen-bond donors (Lipinski definition) is 0. The van der Waals surface area contributed by atoms with E-state index in [1.165, 1.54) is 11.1 Å². The quantitative estimate of drug-likeness (QED) is 0.697. The van der Waals surface area contributed by atoms with Crippen LogP contribution in [-0.4, -0.2) is 16.8 Å². The zero-order valence-electron chi connectivity index (χ0n) is 10.4. The van der Waals surface area contributed by atoms with Crippen LogP contribution in [0.3, 0.4) is 0 Å². The summed E-state index contributed by atoms with van der Waals surface area (Å²) in [6, 6.07) is 9.06. The van der Waals surface area contributed by atoms with Gasteiger partial charge in [-0.25, -0.2) is 0 Å². The maximum absolute atomic E-state index is 11.8. The van der Waals surface area contributed by atoms with E-state index in [0.29, 0.717) is 0 Å². The summed E-state index contributed by atoms with van der Waals surface area (Å²) >= 11 is 0. The molecular weight excluding hydrogens is 198 g/mol. The van der Waals surface area contributed by atoms with E-state index in [4.69, 9.17) is 0 Å². The average Bonchev–Trinajstić information content (AvgIpc) is 2.25. The predicted molar refractivity (Wildman–Crippen MR) is 65.1 cm³/mol. The minimum absolute atomic E-state index is 0.130. The molecule has 1 aliphatic heterocycles. The molecule has 16 heavy (non-hydrogen) atoms. The Morgan fingerprint density at radius 1 is 1.19 bits per heavy atom. The van der Waals surface area contributed by atoms with E-state index in [1.807, 2.05) is 11.8 Å². The Hall–Kier alpha value is -1.31. The normalized spacial score (nSPS) is 24.8. The number of nitrogens with zero attached hydrogens (tertiary/aromatic N) is 1. The molecule has 0 aromatic heterocycles. The highest BCUT2D eigenvalue weighted by atomic mass is 16.2. The van der Waals surface area contributed by atoms with Crippen LogP contribution >= 0.6 is 0 Å². The predicted octanol–water partition coefficient (Wildman–Crippen LogP) is 2.92. The Morgan fingerprint density at radius 3 is 2.25 bits per heavy atom. The minimum atomic E-state index is 0.130. The summed E-state index contributed by atoms with van der Waals surface area (Å²) in [6.45, 7) is 8.25. The van der Waals surface area contributed by atoms with Gasteiger partial charge in [0.1, 0.15) is 0 Å². The molecule has 1 saturated heterocycles. The maximum atomic E-state index is 11.8. The molecule has 1 fully saturated rings. The Morgan fingerprint density at radius 2 is 1.75 bits per heavy atom. The van der Waals surface area contributed by atoms with Gasteiger partial charge in [-0.1, -0.05) is 36.8 Å². The van der Waals surface area contributed by atoms with Crippen molar-refractivity contribution in [3.05, 3.63) is 35.4 Å². The van der Waals surface area contributed by atoms with E-state index in [0.717, 1.165) is 0 Å². The number of amides is 1. The van der Waals surface area contributed by atoms with E-state index in [-0.39, 0.29) is 23.9 Å². The number of hydrogen-bond acceptors (Lipinski definition) is 1. The highest BCUT2D eigenvalue weighted by Crippen LogP contribution is 2.41. The number of rotatable bonds is 2. The summed E-state index contributed by atoms with van der Waals surface area (Å²) in [5.74, 6) is 0.408. The van der Waals surface area contributed by atoms with Crippen LogP contribution in [0.1, 0.15) is 37.9 Å². The number of benzene rings is 1. The van der Waals surface area contributed by atoms with E-state index in [2.05, 4.69) is 45.0 Å². The van der Waals surface area contributed by atoms with Gasteiger partial charge in [0.2, 0.25) is 5.91 Å². The Balaban J connectivity index is 2.26. The molecule has 0 spiro atoms. The van der Waals surface area contributed by atoms with Gasteiger partial charge in [-0.2, -0.15) is 0 Å². The van der Waals surface area contributed by atoms with Crippen LogP contribution in [0.2, 0.25) is 0 Å². The SMILES string of the molecule is Cc1ccc([C@H]2[C@@H](C)C(=O)N2C(C)C)cc1. The fourth-order valence-electron chi connectivity index (χ4n) is 2.45. The molecule has 0 N–H and O–H groups in total. The second-order valence-electron chi connectivity index (χ2n) is 4.98. The number of carbonyl (C=O) groups excluding carboxylic acids is 1. The lowest BCUT2D eigenvalue weighted by Gasteiger charge is -2.48. The molecule has 1 aromatic carbocycles. The first kappa shape index (κ1) is 11.2. The molecule has 0 unspecified atom stereocenters. The Bertz CT molecular complexity index is 394. The van der Waals surface area contributed by atoms with Crippen molar-refractivity contribution < 1.29 is 4.79 Å². The maximum Gasteiger partial charge on any atom is 0.228 e. The number of β-lactam (4-membered cyclic amide) rings is 1. The molecule has 2 heteroatoms. The van der Waals surface area contributed by atoms with Gasteiger partial charge in [-0.15, -0.1) is 0 Å². The van der Waals surface area contributed by atoms with Gasteiger partial charge in [0.05, 0.1) is 12.0 Å². The Kier molecular flexibility index (Phi) is 2.75. The first-order valence-corrected chi connectivity index (χ1v) is 5.91. The van der Waals surface area contributed by atoms with Crippen LogP contribution in [0.15, 0.2) is 24.3 Å². The van der Waals surface area contributed by atoms with Gasteiger partial charge in [0.25, 0.3) is 0 Å². The van der Waals surface area contributed by atoms with Crippen LogP contribution in [0.5, 0.6) is 0 Å². The first-order chi connectivity index (χ1) is 7.52. The van der Waals surface area contributed by atoms with Gasteiger partial charge in [-0.3, -0.25) is 4.79 Å². The number of aryl methyl sites for hydroxylation is 1. The molecule has 0 saturated carbocycles. The van der Waals surface area contributed by atoms with Crippen LogP contribution in [-0.2, 0) is 4.79 Å². The minimum Gasteiger partial charge on any atom is -0.332 e. The fraction of sp³-hybridized carbons (Fsp3) is 0.500. The molecule has 2 nitrogen and oxygen atoms in total. The standard InChI is InChI=1S/C14H19NO/c1-9(2)15-13(11(4)14(15)16)12-7-5-10(3)6-8-12/h5-9,11,13H,1-4H3/t11-,13-/m1/s1. The lowest BCUT2D eigenvalue weighted by atomic mass is 9.82. The third kappa shape index (κ3) is 1.62. The molecule has 0 aliphatic carbocycles. The van der Waals surface area contributed by atoms with Gasteiger partial charge in [0.15, 0.2) is 0 Å². The first-order valence-electron chi connectivity index (χ1n) is 5.91. The van der Waals surface area contributed by atoms with Crippen molar-refractivity contribution >= 4 is 5.91 Å². The van der Waals surface area contributed by atoms with Crippen LogP contribution < -0.4 is 0 Å². The largest absolute Gasteiger partial charge is 0.332 e. The average molecular weight is 217 g/mol. The van der Waals surface area contributed by atoms with E-state index in [1.54, 1.807) is 0 Å². The molecule has 0 bridgehead atoms. The molecular formula is C14H19NO. The molecule has 0 radical (unpaired) electrons. The van der Waals surface area contributed by atoms with Crippen molar-refractivity contribution in [2.75, 3.05) is 0 Å². The molecule has 1 aliphatic rings. The molecule has 2 rings (SSSR count). The van der Waals surface area contributed by atoms with Crippen molar-refractivity contribution in [3.8, 4) is 0 Å². The molecule has 1 aromatic rings. The van der Waals surface area contributed by atoms with Gasteiger partial charge >= 0.3 is 0 Å². The molecule has 1 heterocycles. The second-order valence-corrected chi connectivity index (χ2v) is 4.98. The number of likely N-dealkylation sites (tertiary alicyclic amines) is 1. The van der Waals surface area contributed by atoms with Gasteiger partial charge < -0.3 is 4.90 Å². The van der Waals surface area contributed by atoms with E-state index < -0.39 is 0 Å². The summed E-state index contributed by atoms with van der Waals surface area (Å²) in [4.78, 5) is 13.8. The second kappa shape index (κ2) is 3.93. The smallest absolute Gasteiger partial charge is 0.228 e. The molecule has 2 atom stereocenters.